The number of carbonyl (C=O) groups is 2. The van der Waals surface area contributed by atoms with Crippen molar-refractivity contribution in [2.45, 2.75) is 0 Å². The summed E-state index contributed by atoms with van der Waals surface area (Å²) in [5.74, 6) is -1.26. The number of amides is 1. The first-order valence-electron chi connectivity index (χ1n) is 6.97. The summed E-state index contributed by atoms with van der Waals surface area (Å²) in [6.07, 6.45) is 1.31. The van der Waals surface area contributed by atoms with E-state index in [-0.39, 0.29) is 12.4 Å². The van der Waals surface area contributed by atoms with E-state index in [2.05, 4.69) is 15.2 Å². The first kappa shape index (κ1) is 17.1. The highest BCUT2D eigenvalue weighted by atomic mass is 19.1. The Morgan fingerprint density at radius 1 is 1.21 bits per heavy atom. The van der Waals surface area contributed by atoms with Crippen LogP contribution in [0.3, 0.4) is 0 Å². The number of methoxy groups -OCH3 is 1. The lowest BCUT2D eigenvalue weighted by atomic mass is 10.2. The molecule has 2 aromatic carbocycles. The van der Waals surface area contributed by atoms with Crippen molar-refractivity contribution in [3.05, 3.63) is 65.5 Å². The second-order valence-corrected chi connectivity index (χ2v) is 4.68. The molecule has 0 spiro atoms. The van der Waals surface area contributed by atoms with Gasteiger partial charge in [0.05, 0.1) is 18.9 Å². The van der Waals surface area contributed by atoms with Crippen LogP contribution in [0.4, 0.5) is 10.1 Å². The van der Waals surface area contributed by atoms with Crippen LogP contribution >= 0.6 is 0 Å². The maximum absolute atomic E-state index is 13.0. The van der Waals surface area contributed by atoms with E-state index in [1.54, 1.807) is 24.3 Å². The van der Waals surface area contributed by atoms with Crippen molar-refractivity contribution in [1.82, 2.24) is 0 Å². The molecule has 0 saturated carbocycles. The number of anilines is 1. The van der Waals surface area contributed by atoms with Crippen LogP contribution in [-0.4, -0.2) is 31.8 Å². The average Bonchev–Trinajstić information content (AvgIpc) is 2.59. The monoisotopic (exact) mass is 330 g/mol. The van der Waals surface area contributed by atoms with Crippen molar-refractivity contribution in [1.29, 1.82) is 0 Å². The molecule has 0 heterocycles. The van der Waals surface area contributed by atoms with Crippen LogP contribution in [0, 0.1) is 5.82 Å². The molecule has 2 aromatic rings. The van der Waals surface area contributed by atoms with Crippen LogP contribution in [0.1, 0.15) is 15.9 Å². The number of benzene rings is 2. The molecule has 0 radical (unpaired) electrons. The molecule has 1 N–H and O–H groups in total. The molecule has 0 saturated heterocycles. The Bertz CT molecular complexity index is 745. The van der Waals surface area contributed by atoms with Gasteiger partial charge in [-0.05, 0) is 42.0 Å². The maximum Gasteiger partial charge on any atom is 0.337 e. The van der Waals surface area contributed by atoms with E-state index in [9.17, 15) is 14.0 Å². The molecule has 7 heteroatoms. The predicted octanol–water partition coefficient (Wildman–Crippen LogP) is 2.60. The number of ether oxygens (including phenoxy) is 1. The second-order valence-electron chi connectivity index (χ2n) is 4.68. The number of nitrogens with one attached hydrogen (secondary N) is 1. The molecular formula is C17H15FN2O4. The van der Waals surface area contributed by atoms with Crippen LogP contribution in [0.25, 0.3) is 0 Å². The molecule has 0 unspecified atom stereocenters. The lowest BCUT2D eigenvalue weighted by molar-refractivity contribution is -0.120. The molecule has 0 bridgehead atoms. The zero-order valence-corrected chi connectivity index (χ0v) is 12.9. The van der Waals surface area contributed by atoms with E-state index >= 15 is 0 Å². The largest absolute Gasteiger partial charge is 0.465 e. The third-order valence-corrected chi connectivity index (χ3v) is 2.91. The zero-order chi connectivity index (χ0) is 17.4. The number of oxime groups is 1. The molecule has 0 aliphatic carbocycles. The summed E-state index contributed by atoms with van der Waals surface area (Å²) >= 11 is 0. The van der Waals surface area contributed by atoms with Gasteiger partial charge in [0.2, 0.25) is 0 Å². The molecular weight excluding hydrogens is 315 g/mol. The molecule has 2 rings (SSSR count). The van der Waals surface area contributed by atoms with E-state index < -0.39 is 11.9 Å². The van der Waals surface area contributed by atoms with Gasteiger partial charge in [0, 0.05) is 5.69 Å². The SMILES string of the molecule is COC(=O)c1ccc(NC(=O)CO/N=C\c2cccc(F)c2)cc1. The molecule has 124 valence electrons. The van der Waals surface area contributed by atoms with E-state index in [4.69, 9.17) is 4.84 Å². The average molecular weight is 330 g/mol. The summed E-state index contributed by atoms with van der Waals surface area (Å²) in [5, 5.41) is 6.18. The summed E-state index contributed by atoms with van der Waals surface area (Å²) in [5.41, 5.74) is 1.41. The highest BCUT2D eigenvalue weighted by Gasteiger charge is 2.06. The fourth-order valence-corrected chi connectivity index (χ4v) is 1.79. The van der Waals surface area contributed by atoms with Crippen molar-refractivity contribution < 1.29 is 23.6 Å². The number of esters is 1. The van der Waals surface area contributed by atoms with E-state index in [0.29, 0.717) is 16.8 Å². The molecule has 0 fully saturated rings. The van der Waals surface area contributed by atoms with Gasteiger partial charge in [-0.25, -0.2) is 9.18 Å². The quantitative estimate of drug-likeness (QED) is 0.502. The smallest absolute Gasteiger partial charge is 0.337 e. The van der Waals surface area contributed by atoms with Gasteiger partial charge >= 0.3 is 5.97 Å². The molecule has 0 aliphatic rings. The minimum absolute atomic E-state index is 0.301. The Morgan fingerprint density at radius 3 is 2.62 bits per heavy atom. The molecule has 0 aromatic heterocycles. The minimum atomic E-state index is -0.456. The molecule has 24 heavy (non-hydrogen) atoms. The highest BCUT2D eigenvalue weighted by molar-refractivity contribution is 5.93. The van der Waals surface area contributed by atoms with Crippen LogP contribution in [-0.2, 0) is 14.4 Å². The predicted molar refractivity (Wildman–Crippen MR) is 86.4 cm³/mol. The number of carbonyl (C=O) groups excluding carboxylic acids is 2. The number of rotatable bonds is 6. The fourth-order valence-electron chi connectivity index (χ4n) is 1.79. The Hall–Kier alpha value is -3.22. The minimum Gasteiger partial charge on any atom is -0.465 e. The third-order valence-electron chi connectivity index (χ3n) is 2.91. The Kier molecular flexibility index (Phi) is 6.01. The van der Waals surface area contributed by atoms with Crippen LogP contribution in [0.5, 0.6) is 0 Å². The lowest BCUT2D eigenvalue weighted by Gasteiger charge is -2.05. The van der Waals surface area contributed by atoms with Gasteiger partial charge in [-0.3, -0.25) is 4.79 Å². The Morgan fingerprint density at radius 2 is 1.96 bits per heavy atom. The summed E-state index contributed by atoms with van der Waals surface area (Å²) in [6.45, 7) is -0.301. The number of nitrogens with zero attached hydrogens (tertiary/aromatic N) is 1. The lowest BCUT2D eigenvalue weighted by Crippen LogP contribution is -2.17. The van der Waals surface area contributed by atoms with Gasteiger partial charge in [0.1, 0.15) is 5.82 Å². The zero-order valence-electron chi connectivity index (χ0n) is 12.9. The molecule has 0 aliphatic heterocycles. The number of halogens is 1. The Balaban J connectivity index is 1.80. The summed E-state index contributed by atoms with van der Waals surface area (Å²) in [4.78, 5) is 27.8. The van der Waals surface area contributed by atoms with Gasteiger partial charge in [0.25, 0.3) is 5.91 Å². The standard InChI is InChI=1S/C17H15FN2O4/c1-23-17(22)13-5-7-15(8-6-13)20-16(21)11-24-19-10-12-3-2-4-14(18)9-12/h2-10H,11H2,1H3,(H,20,21)/b19-10-. The van der Waals surface area contributed by atoms with Crippen molar-refractivity contribution in [3.63, 3.8) is 0 Å². The van der Waals surface area contributed by atoms with Crippen molar-refractivity contribution in [2.24, 2.45) is 5.16 Å². The summed E-state index contributed by atoms with van der Waals surface area (Å²) in [6, 6.07) is 12.0. The number of hydrogen-bond donors (Lipinski definition) is 1. The molecule has 6 nitrogen and oxygen atoms in total. The fraction of sp³-hybridized carbons (Fsp3) is 0.118. The molecule has 0 atom stereocenters. The third kappa shape index (κ3) is 5.20. The summed E-state index contributed by atoms with van der Waals surface area (Å²) < 4.78 is 17.5. The Labute approximate surface area is 137 Å². The van der Waals surface area contributed by atoms with Gasteiger partial charge in [-0.15, -0.1) is 0 Å². The van der Waals surface area contributed by atoms with Crippen LogP contribution in [0.2, 0.25) is 0 Å². The highest BCUT2D eigenvalue weighted by Crippen LogP contribution is 2.10. The van der Waals surface area contributed by atoms with Gasteiger partial charge < -0.3 is 14.9 Å². The van der Waals surface area contributed by atoms with Gasteiger partial charge in [-0.1, -0.05) is 17.3 Å². The normalized spacial score (nSPS) is 10.4. The van der Waals surface area contributed by atoms with E-state index in [1.807, 2.05) is 0 Å². The topological polar surface area (TPSA) is 77.0 Å². The maximum atomic E-state index is 13.0. The van der Waals surface area contributed by atoms with Crippen LogP contribution in [0.15, 0.2) is 53.7 Å². The van der Waals surface area contributed by atoms with Crippen LogP contribution < -0.4 is 5.32 Å². The molecule has 1 amide bonds. The van der Waals surface area contributed by atoms with Gasteiger partial charge in [-0.2, -0.15) is 0 Å². The van der Waals surface area contributed by atoms with Crippen molar-refractivity contribution in [3.8, 4) is 0 Å². The number of hydrogen-bond acceptors (Lipinski definition) is 5. The second kappa shape index (κ2) is 8.42. The van der Waals surface area contributed by atoms with Gasteiger partial charge in [0.15, 0.2) is 6.61 Å². The van der Waals surface area contributed by atoms with E-state index in [1.165, 1.54) is 37.6 Å². The van der Waals surface area contributed by atoms with Crippen molar-refractivity contribution >= 4 is 23.8 Å². The van der Waals surface area contributed by atoms with E-state index in [0.717, 1.165) is 0 Å². The first-order chi connectivity index (χ1) is 11.6. The van der Waals surface area contributed by atoms with Crippen molar-refractivity contribution in [2.75, 3.05) is 19.0 Å². The summed E-state index contributed by atoms with van der Waals surface area (Å²) in [7, 11) is 1.29. The first-order valence-corrected chi connectivity index (χ1v) is 6.97.